The van der Waals surface area contributed by atoms with Crippen LogP contribution in [0.15, 0.2) is 70.6 Å². The first-order valence-electron chi connectivity index (χ1n) is 32.4. The molecule has 0 spiro atoms. The number of primary amides is 3. The molecule has 0 aliphatic carbocycles. The lowest BCUT2D eigenvalue weighted by Gasteiger charge is -2.32. The zero-order chi connectivity index (χ0) is 71.7. The van der Waals surface area contributed by atoms with Crippen LogP contribution >= 0.6 is 11.8 Å². The number of carbonyl (C=O) groups is 13. The third-order valence-corrected chi connectivity index (χ3v) is 16.7. The molecule has 2 aromatic rings. The van der Waals surface area contributed by atoms with Crippen LogP contribution in [0.2, 0.25) is 0 Å². The van der Waals surface area contributed by atoms with Crippen LogP contribution in [0.4, 0.5) is 0 Å². The molecule has 34 heteroatoms. The minimum absolute atomic E-state index is 0.0157. The number of nitrogens with two attached hydrogens (primary N) is 8. The van der Waals surface area contributed by atoms with Gasteiger partial charge in [0.05, 0.1) is 12.6 Å². The van der Waals surface area contributed by atoms with Crippen molar-refractivity contribution in [3.8, 4) is 0 Å². The van der Waals surface area contributed by atoms with Gasteiger partial charge in [0, 0.05) is 51.9 Å². The zero-order valence-corrected chi connectivity index (χ0v) is 56.1. The van der Waals surface area contributed by atoms with Gasteiger partial charge < -0.3 is 98.2 Å². The van der Waals surface area contributed by atoms with Crippen LogP contribution in [0.3, 0.4) is 0 Å². The van der Waals surface area contributed by atoms with Gasteiger partial charge in [-0.1, -0.05) is 74.5 Å². The van der Waals surface area contributed by atoms with E-state index in [2.05, 4.69) is 52.5 Å². The highest BCUT2D eigenvalue weighted by Crippen LogP contribution is 2.23. The molecule has 33 nitrogen and oxygen atoms in total. The maximum Gasteiger partial charge on any atom is 0.245 e. The number of likely N-dealkylation sites (tertiary alicyclic amines) is 2. The van der Waals surface area contributed by atoms with Gasteiger partial charge in [-0.05, 0) is 106 Å². The van der Waals surface area contributed by atoms with Gasteiger partial charge >= 0.3 is 0 Å². The Kier molecular flexibility index (Phi) is 34.1. The number of carbonyl (C=O) groups excluding carboxylic acids is 13. The summed E-state index contributed by atoms with van der Waals surface area (Å²) < 4.78 is 0. The van der Waals surface area contributed by atoms with Crippen LogP contribution in [-0.2, 0) is 75.2 Å². The number of rotatable bonds is 42. The third kappa shape index (κ3) is 28.3. The molecule has 97 heavy (non-hydrogen) atoms. The number of hydrogen-bond acceptors (Lipinski definition) is 17. The van der Waals surface area contributed by atoms with Crippen molar-refractivity contribution < 1.29 is 62.3 Å². The number of nitrogens with zero attached hydrogens (tertiary/aromatic N) is 4. The number of nitrogens with one attached hydrogen (secondary N) is 8. The summed E-state index contributed by atoms with van der Waals surface area (Å²) in [4.78, 5) is 189. The predicted molar refractivity (Wildman–Crippen MR) is 363 cm³/mol. The summed E-state index contributed by atoms with van der Waals surface area (Å²) in [5.41, 5.74) is 45.9. The summed E-state index contributed by atoms with van der Waals surface area (Å²) in [6.07, 6.45) is 1.99. The van der Waals surface area contributed by atoms with Gasteiger partial charge in [0.25, 0.3) is 0 Å². The number of hydrogen-bond donors (Lipinski definition) is 16. The highest BCUT2D eigenvalue weighted by molar-refractivity contribution is 7.98. The highest BCUT2D eigenvalue weighted by atomic mass is 32.2. The van der Waals surface area contributed by atoms with Gasteiger partial charge in [-0.15, -0.1) is 0 Å². The summed E-state index contributed by atoms with van der Waals surface area (Å²) in [7, 11) is 0. The minimum Gasteiger partial charge on any atom is -0.370 e. The molecule has 2 aliphatic heterocycles. The lowest BCUT2D eigenvalue weighted by molar-refractivity contribution is -0.144. The topological polar surface area (TPSA) is 558 Å². The Labute approximate surface area is 568 Å². The molecule has 0 aromatic heterocycles. The molecule has 13 amide bonds. The monoisotopic (exact) mass is 1370 g/mol. The molecule has 0 saturated carbocycles. The largest absolute Gasteiger partial charge is 0.370 e. The lowest BCUT2D eigenvalue weighted by atomic mass is 10.0. The fraction of sp³-hybridized carbons (Fsp3) is 0.571. The van der Waals surface area contributed by atoms with E-state index in [1.54, 1.807) is 60.7 Å². The van der Waals surface area contributed by atoms with Gasteiger partial charge in [0.1, 0.15) is 54.4 Å². The number of thioether (sulfide) groups is 1. The van der Waals surface area contributed by atoms with Crippen molar-refractivity contribution in [3.63, 3.8) is 0 Å². The third-order valence-electron chi connectivity index (χ3n) is 16.0. The standard InChI is InChI=1S/C63H98N20O13S/c1-36(2)32-44(56(91)76-40(52(67)87)26-31-97-3)75-51(86)35-74-53(88)45(33-37-14-6-4-7-15-37)80-57(92)46(34-38-16-8-5-9-17-38)81-55(90)41(22-24-49(65)84)77-54(89)42(23-25-50(66)85)78-58(93)48-21-13-30-83(48)61(96)43(19-11-28-73-63(70)71)79-59(94)47-20-12-29-82(47)60(95)39(64)18-10-27-72-62(68)69/h4-9,14-17,36,39-48H,10-13,18-35,64H2,1-3H3,(H2,65,84)(H2,66,85)(H2,67,87)(H,74,88)(H,75,86)(H,76,91)(H,77,89)(H,78,93)(H,79,94)(H,80,92)(H,81,90)(H4,68,69,72)(H4,70,71,73)/t39-,40-,41-,42-,43-,44-,45-,46-,47-,48-/m0/s1. The molecular formula is C63H98N20O13S. The van der Waals surface area contributed by atoms with E-state index in [4.69, 9.17) is 45.9 Å². The molecule has 534 valence electrons. The number of aliphatic imine (C=N–C) groups is 2. The van der Waals surface area contributed by atoms with Crippen molar-refractivity contribution in [2.45, 2.75) is 177 Å². The maximum atomic E-state index is 14.7. The summed E-state index contributed by atoms with van der Waals surface area (Å²) in [5.74, 6) is -10.3. The Balaban J connectivity index is 1.58. The van der Waals surface area contributed by atoms with E-state index in [1.165, 1.54) is 21.6 Å². The quantitative estimate of drug-likeness (QED) is 0.0169. The molecule has 2 saturated heterocycles. The smallest absolute Gasteiger partial charge is 0.245 e. The number of amides is 13. The van der Waals surface area contributed by atoms with E-state index in [0.717, 1.165) is 0 Å². The van der Waals surface area contributed by atoms with Crippen molar-refractivity contribution in [3.05, 3.63) is 71.8 Å². The second-order valence-corrected chi connectivity index (χ2v) is 25.3. The van der Waals surface area contributed by atoms with Crippen LogP contribution in [0, 0.1) is 5.92 Å². The molecule has 0 radical (unpaired) electrons. The second kappa shape index (κ2) is 41.4. The number of guanidine groups is 2. The van der Waals surface area contributed by atoms with E-state index in [1.807, 2.05) is 20.1 Å². The predicted octanol–water partition coefficient (Wildman–Crippen LogP) is -4.79. The van der Waals surface area contributed by atoms with Crippen LogP contribution in [0.5, 0.6) is 0 Å². The van der Waals surface area contributed by atoms with Crippen LogP contribution in [-0.4, -0.2) is 204 Å². The van der Waals surface area contributed by atoms with Gasteiger partial charge in [-0.3, -0.25) is 72.3 Å². The van der Waals surface area contributed by atoms with Crippen LogP contribution in [0.1, 0.15) is 115 Å². The first-order chi connectivity index (χ1) is 46.1. The van der Waals surface area contributed by atoms with Gasteiger partial charge in [-0.25, -0.2) is 0 Å². The fourth-order valence-electron chi connectivity index (χ4n) is 11.0. The summed E-state index contributed by atoms with van der Waals surface area (Å²) in [6, 6.07) is 4.15. The summed E-state index contributed by atoms with van der Waals surface area (Å²) in [5, 5.41) is 21.0. The zero-order valence-electron chi connectivity index (χ0n) is 55.3. The molecule has 2 aliphatic rings. The van der Waals surface area contributed by atoms with E-state index >= 15 is 0 Å². The van der Waals surface area contributed by atoms with E-state index in [0.29, 0.717) is 36.1 Å². The molecule has 2 heterocycles. The van der Waals surface area contributed by atoms with Crippen LogP contribution < -0.4 is 88.4 Å². The molecule has 0 bridgehead atoms. The first kappa shape index (κ1) is 79.8. The average molecular weight is 1380 g/mol. The molecule has 4 rings (SSSR count). The van der Waals surface area contributed by atoms with Crippen LogP contribution in [0.25, 0.3) is 0 Å². The molecule has 2 aromatic carbocycles. The first-order valence-corrected chi connectivity index (χ1v) is 33.8. The number of benzene rings is 2. The van der Waals surface area contributed by atoms with E-state index in [9.17, 15) is 62.3 Å². The highest BCUT2D eigenvalue weighted by Gasteiger charge is 2.42. The Morgan fingerprint density at radius 2 is 0.938 bits per heavy atom. The Morgan fingerprint density at radius 3 is 1.41 bits per heavy atom. The molecule has 10 atom stereocenters. The van der Waals surface area contributed by atoms with Gasteiger partial charge in [0.15, 0.2) is 11.9 Å². The molecule has 0 unspecified atom stereocenters. The van der Waals surface area contributed by atoms with Crippen molar-refractivity contribution in [1.29, 1.82) is 0 Å². The second-order valence-electron chi connectivity index (χ2n) is 24.3. The van der Waals surface area contributed by atoms with Crippen molar-refractivity contribution in [1.82, 2.24) is 52.3 Å². The minimum atomic E-state index is -1.66. The Bertz CT molecular complexity index is 3080. The molecular weight excluding hydrogens is 1280 g/mol. The van der Waals surface area contributed by atoms with Crippen molar-refractivity contribution >= 4 is 100 Å². The lowest BCUT2D eigenvalue weighted by Crippen LogP contribution is -2.60. The maximum absolute atomic E-state index is 14.7. The van der Waals surface area contributed by atoms with Crippen molar-refractivity contribution in [2.75, 3.05) is 44.7 Å². The SMILES string of the molecule is CSCC[C@H](NC(=O)[C@H](CC(C)C)NC(=O)CNC(=O)[C@H](Cc1ccccc1)NC(=O)[C@H](Cc1ccccc1)NC(=O)[C@H](CCC(N)=O)NC(=O)[C@H](CCC(N)=O)NC(=O)[C@@H]1CCCN1C(=O)[C@H](CCCN=C(N)N)NC(=O)[C@@H]1CCCN1C(=O)[C@@H](N)CCCN=C(N)N)C(N)=O. The summed E-state index contributed by atoms with van der Waals surface area (Å²) >= 11 is 1.45. The van der Waals surface area contributed by atoms with Gasteiger partial charge in [-0.2, -0.15) is 11.8 Å². The molecule has 2 fully saturated rings. The van der Waals surface area contributed by atoms with Crippen molar-refractivity contribution in [2.24, 2.45) is 61.8 Å². The average Bonchev–Trinajstić information content (AvgIpc) is 1.76. The van der Waals surface area contributed by atoms with E-state index < -0.39 is 169 Å². The fourth-order valence-corrected chi connectivity index (χ4v) is 11.5. The molecule has 24 N–H and O–H groups in total. The van der Waals surface area contributed by atoms with E-state index in [-0.39, 0.29) is 102 Å². The normalized spacial score (nSPS) is 16.6. The summed E-state index contributed by atoms with van der Waals surface area (Å²) in [6.45, 7) is 3.54. The van der Waals surface area contributed by atoms with Gasteiger partial charge in [0.2, 0.25) is 76.8 Å². The Hall–Kier alpha value is -9.60. The Morgan fingerprint density at radius 1 is 0.505 bits per heavy atom.